The molecule has 0 unspecified atom stereocenters. The molecule has 2 aromatic heterocycles. The lowest BCUT2D eigenvalue weighted by molar-refractivity contribution is 0.0600. The maximum atomic E-state index is 12.7. The Morgan fingerprint density at radius 3 is 2.48 bits per heavy atom. The molecule has 1 aromatic carbocycles. The molecule has 0 aliphatic heterocycles. The summed E-state index contributed by atoms with van der Waals surface area (Å²) in [6, 6.07) is 8.17. The zero-order valence-corrected chi connectivity index (χ0v) is 17.1. The molecule has 0 aliphatic rings. The molecular weight excluding hydrogens is 417 g/mol. The Balaban J connectivity index is 1.88. The number of aromatic amines is 1. The molecular formula is C20H17Cl2N3O4. The average molecular weight is 434 g/mol. The summed E-state index contributed by atoms with van der Waals surface area (Å²) in [5.74, 6) is -0.723. The molecule has 0 atom stereocenters. The summed E-state index contributed by atoms with van der Waals surface area (Å²) in [5, 5.41) is 3.14. The summed E-state index contributed by atoms with van der Waals surface area (Å²) in [5.41, 5.74) is 2.22. The maximum Gasteiger partial charge on any atom is 0.337 e. The van der Waals surface area contributed by atoms with Gasteiger partial charge in [-0.15, -0.1) is 0 Å². The molecule has 0 radical (unpaired) electrons. The first-order chi connectivity index (χ1) is 13.9. The quantitative estimate of drug-likeness (QED) is 0.552. The molecule has 3 aromatic rings. The minimum Gasteiger partial charge on any atom is -0.487 e. The van der Waals surface area contributed by atoms with Gasteiger partial charge in [0.15, 0.2) is 0 Å². The highest BCUT2D eigenvalue weighted by atomic mass is 35.5. The standard InChI is InChI=1S/C20H17Cl2N3O4/c1-11-16(21)17(22)18(24-11)19(26)25-14-4-3-13(20(27)28-2)9-15(14)29-10-12-5-7-23-8-6-12/h3-9,24H,10H2,1-2H3,(H,25,26). The van der Waals surface area contributed by atoms with Gasteiger partial charge in [0.25, 0.3) is 5.91 Å². The number of nitrogens with one attached hydrogen (secondary N) is 2. The smallest absolute Gasteiger partial charge is 0.337 e. The van der Waals surface area contributed by atoms with Gasteiger partial charge in [-0.3, -0.25) is 9.78 Å². The minimum atomic E-state index is -0.522. The number of hydrogen-bond donors (Lipinski definition) is 2. The maximum absolute atomic E-state index is 12.7. The van der Waals surface area contributed by atoms with E-state index in [-0.39, 0.29) is 27.9 Å². The number of nitrogens with zero attached hydrogens (tertiary/aromatic N) is 1. The Labute approximate surface area is 177 Å². The fraction of sp³-hybridized carbons (Fsp3) is 0.150. The van der Waals surface area contributed by atoms with E-state index in [0.29, 0.717) is 17.1 Å². The summed E-state index contributed by atoms with van der Waals surface area (Å²) in [7, 11) is 1.29. The van der Waals surface area contributed by atoms with E-state index < -0.39 is 11.9 Å². The zero-order valence-electron chi connectivity index (χ0n) is 15.6. The number of amides is 1. The van der Waals surface area contributed by atoms with Crippen LogP contribution in [0.15, 0.2) is 42.7 Å². The van der Waals surface area contributed by atoms with Gasteiger partial charge < -0.3 is 19.8 Å². The fourth-order valence-electron chi connectivity index (χ4n) is 2.54. The molecule has 7 nitrogen and oxygen atoms in total. The predicted octanol–water partition coefficient (Wildman–Crippen LogP) is 4.64. The number of carbonyl (C=O) groups is 2. The third kappa shape index (κ3) is 4.70. The first-order valence-corrected chi connectivity index (χ1v) is 9.25. The van der Waals surface area contributed by atoms with Crippen molar-refractivity contribution in [3.05, 3.63) is 75.3 Å². The van der Waals surface area contributed by atoms with E-state index in [2.05, 4.69) is 15.3 Å². The highest BCUT2D eigenvalue weighted by molar-refractivity contribution is 6.44. The van der Waals surface area contributed by atoms with Crippen molar-refractivity contribution in [2.45, 2.75) is 13.5 Å². The number of benzene rings is 1. The van der Waals surface area contributed by atoms with Crippen molar-refractivity contribution in [3.63, 3.8) is 0 Å². The van der Waals surface area contributed by atoms with Crippen LogP contribution in [-0.2, 0) is 11.3 Å². The van der Waals surface area contributed by atoms with E-state index in [1.165, 1.54) is 19.2 Å². The first-order valence-electron chi connectivity index (χ1n) is 8.49. The van der Waals surface area contributed by atoms with Crippen LogP contribution < -0.4 is 10.1 Å². The molecule has 29 heavy (non-hydrogen) atoms. The SMILES string of the molecule is COC(=O)c1ccc(NC(=O)c2[nH]c(C)c(Cl)c2Cl)c(OCc2ccncc2)c1. The fourth-order valence-corrected chi connectivity index (χ4v) is 2.96. The van der Waals surface area contributed by atoms with Crippen molar-refractivity contribution >= 4 is 40.8 Å². The van der Waals surface area contributed by atoms with Crippen molar-refractivity contribution < 1.29 is 19.1 Å². The Bertz CT molecular complexity index is 1050. The first kappa shape index (κ1) is 20.7. The Kier molecular flexibility index (Phi) is 6.41. The minimum absolute atomic E-state index is 0.131. The Hall–Kier alpha value is -3.03. The van der Waals surface area contributed by atoms with Crippen molar-refractivity contribution in [2.75, 3.05) is 12.4 Å². The number of H-pyrrole nitrogens is 1. The van der Waals surface area contributed by atoms with Crippen molar-refractivity contribution in [3.8, 4) is 5.75 Å². The highest BCUT2D eigenvalue weighted by Crippen LogP contribution is 2.32. The van der Waals surface area contributed by atoms with E-state index in [0.717, 1.165) is 5.56 Å². The number of hydrogen-bond acceptors (Lipinski definition) is 5. The molecule has 9 heteroatoms. The summed E-state index contributed by atoms with van der Waals surface area (Å²) < 4.78 is 10.6. The number of anilines is 1. The Morgan fingerprint density at radius 2 is 1.86 bits per heavy atom. The van der Waals surface area contributed by atoms with Gasteiger partial charge in [-0.2, -0.15) is 0 Å². The summed E-state index contributed by atoms with van der Waals surface area (Å²) >= 11 is 12.2. The molecule has 0 saturated carbocycles. The lowest BCUT2D eigenvalue weighted by atomic mass is 10.2. The molecule has 0 saturated heterocycles. The van der Waals surface area contributed by atoms with Crippen LogP contribution in [0.2, 0.25) is 10.0 Å². The van der Waals surface area contributed by atoms with Crippen LogP contribution in [0.25, 0.3) is 0 Å². The molecule has 1 amide bonds. The topological polar surface area (TPSA) is 93.3 Å². The third-order valence-corrected chi connectivity index (χ3v) is 5.02. The van der Waals surface area contributed by atoms with E-state index >= 15 is 0 Å². The second-order valence-corrected chi connectivity index (χ2v) is 6.81. The van der Waals surface area contributed by atoms with Gasteiger partial charge in [0, 0.05) is 18.1 Å². The normalized spacial score (nSPS) is 10.5. The number of methoxy groups -OCH3 is 1. The second-order valence-electron chi connectivity index (χ2n) is 6.05. The Morgan fingerprint density at radius 1 is 1.14 bits per heavy atom. The largest absolute Gasteiger partial charge is 0.487 e. The number of halogens is 2. The van der Waals surface area contributed by atoms with Gasteiger partial charge in [0.05, 0.1) is 28.4 Å². The van der Waals surface area contributed by atoms with Crippen molar-refractivity contribution in [1.29, 1.82) is 0 Å². The number of aryl methyl sites for hydroxylation is 1. The van der Waals surface area contributed by atoms with Crippen molar-refractivity contribution in [1.82, 2.24) is 9.97 Å². The van der Waals surface area contributed by atoms with Gasteiger partial charge in [0.1, 0.15) is 18.1 Å². The van der Waals surface area contributed by atoms with Crippen LogP contribution in [0.4, 0.5) is 5.69 Å². The van der Waals surface area contributed by atoms with Gasteiger partial charge in [-0.25, -0.2) is 4.79 Å². The lowest BCUT2D eigenvalue weighted by Gasteiger charge is -2.14. The number of pyridine rings is 1. The van der Waals surface area contributed by atoms with E-state index in [1.54, 1.807) is 37.5 Å². The van der Waals surface area contributed by atoms with Crippen molar-refractivity contribution in [2.24, 2.45) is 0 Å². The number of carbonyl (C=O) groups excluding carboxylic acids is 2. The summed E-state index contributed by atoms with van der Waals surface area (Å²) in [4.78, 5) is 31.3. The predicted molar refractivity (Wildman–Crippen MR) is 110 cm³/mol. The molecule has 0 fully saturated rings. The van der Waals surface area contributed by atoms with Crippen LogP contribution in [0, 0.1) is 6.92 Å². The van der Waals surface area contributed by atoms with Gasteiger partial charge in [-0.05, 0) is 42.8 Å². The molecule has 150 valence electrons. The molecule has 0 spiro atoms. The van der Waals surface area contributed by atoms with Crippen LogP contribution in [0.1, 0.15) is 32.1 Å². The average Bonchev–Trinajstić information content (AvgIpc) is 3.00. The molecule has 2 heterocycles. The molecule has 0 aliphatic carbocycles. The number of rotatable bonds is 6. The van der Waals surface area contributed by atoms with Gasteiger partial charge in [-0.1, -0.05) is 23.2 Å². The van der Waals surface area contributed by atoms with Gasteiger partial charge >= 0.3 is 5.97 Å². The number of ether oxygens (including phenoxy) is 2. The van der Waals surface area contributed by atoms with Crippen LogP contribution in [0.3, 0.4) is 0 Å². The third-order valence-electron chi connectivity index (χ3n) is 4.08. The van der Waals surface area contributed by atoms with E-state index in [9.17, 15) is 9.59 Å². The molecule has 2 N–H and O–H groups in total. The second kappa shape index (κ2) is 8.98. The zero-order chi connectivity index (χ0) is 21.0. The van der Waals surface area contributed by atoms with Crippen LogP contribution in [-0.4, -0.2) is 29.0 Å². The molecule has 0 bridgehead atoms. The van der Waals surface area contributed by atoms with Gasteiger partial charge in [0.2, 0.25) is 0 Å². The summed E-state index contributed by atoms with van der Waals surface area (Å²) in [6.45, 7) is 1.92. The molecule has 3 rings (SSSR count). The number of esters is 1. The van der Waals surface area contributed by atoms with Crippen LogP contribution >= 0.6 is 23.2 Å². The summed E-state index contributed by atoms with van der Waals surface area (Å²) in [6.07, 6.45) is 3.29. The van der Waals surface area contributed by atoms with Crippen LogP contribution in [0.5, 0.6) is 5.75 Å². The monoisotopic (exact) mass is 433 g/mol. The van der Waals surface area contributed by atoms with E-state index in [1.807, 2.05) is 0 Å². The van der Waals surface area contributed by atoms with E-state index in [4.69, 9.17) is 32.7 Å². The number of aromatic nitrogens is 2. The highest BCUT2D eigenvalue weighted by Gasteiger charge is 2.20. The lowest BCUT2D eigenvalue weighted by Crippen LogP contribution is -2.14.